The molecule has 0 aliphatic carbocycles. The third-order valence-electron chi connectivity index (χ3n) is 5.02. The number of halogens is 1. The topological polar surface area (TPSA) is 43.8 Å². The van der Waals surface area contributed by atoms with Crippen LogP contribution in [0.3, 0.4) is 0 Å². The molecule has 0 bridgehead atoms. The summed E-state index contributed by atoms with van der Waals surface area (Å²) in [4.78, 5) is 7.02. The first-order valence-electron chi connectivity index (χ1n) is 9.73. The maximum atomic E-state index is 5.62. The Hall–Kier alpha value is -2.57. The van der Waals surface area contributed by atoms with Crippen molar-refractivity contribution in [1.82, 2.24) is 4.98 Å². The number of pyridine rings is 1. The van der Waals surface area contributed by atoms with E-state index in [1.165, 1.54) is 11.1 Å². The van der Waals surface area contributed by atoms with Crippen LogP contribution in [0, 0.1) is 0 Å². The summed E-state index contributed by atoms with van der Waals surface area (Å²) in [7, 11) is 5.07. The lowest BCUT2D eigenvalue weighted by atomic mass is 10.1. The van der Waals surface area contributed by atoms with Gasteiger partial charge >= 0.3 is 0 Å². The highest BCUT2D eigenvalue weighted by molar-refractivity contribution is 9.10. The van der Waals surface area contributed by atoms with Crippen molar-refractivity contribution in [2.75, 3.05) is 26.2 Å². The maximum absolute atomic E-state index is 5.62. The number of anilines is 1. The molecule has 5 nitrogen and oxygen atoms in total. The van der Waals surface area contributed by atoms with Crippen LogP contribution in [0.5, 0.6) is 11.5 Å². The highest BCUT2D eigenvalue weighted by Gasteiger charge is 2.19. The Morgan fingerprint density at radius 1 is 0.867 bits per heavy atom. The van der Waals surface area contributed by atoms with Gasteiger partial charge in [-0.2, -0.15) is 0 Å². The number of methoxy groups -OCH3 is 3. The molecule has 1 aromatic heterocycles. The van der Waals surface area contributed by atoms with E-state index >= 15 is 0 Å². The third-order valence-corrected chi connectivity index (χ3v) is 5.45. The molecule has 2 aromatic carbocycles. The van der Waals surface area contributed by atoms with E-state index in [9.17, 15) is 0 Å². The average molecular weight is 471 g/mol. The van der Waals surface area contributed by atoms with Gasteiger partial charge in [0.05, 0.1) is 20.3 Å². The zero-order chi connectivity index (χ0) is 21.5. The molecule has 3 aromatic rings. The van der Waals surface area contributed by atoms with Crippen LogP contribution in [-0.4, -0.2) is 26.3 Å². The van der Waals surface area contributed by atoms with Gasteiger partial charge in [0.1, 0.15) is 17.3 Å². The quantitative estimate of drug-likeness (QED) is 0.396. The first-order valence-corrected chi connectivity index (χ1v) is 10.5. The van der Waals surface area contributed by atoms with Crippen LogP contribution in [0.25, 0.3) is 0 Å². The second-order valence-electron chi connectivity index (χ2n) is 7.00. The molecule has 1 unspecified atom stereocenters. The molecular formula is C24H27BrN2O3. The normalized spacial score (nSPS) is 11.8. The summed E-state index contributed by atoms with van der Waals surface area (Å²) < 4.78 is 17.1. The Bertz CT molecular complexity index is 896. The van der Waals surface area contributed by atoms with Crippen molar-refractivity contribution in [3.05, 3.63) is 82.0 Å². The third kappa shape index (κ3) is 5.52. The maximum Gasteiger partial charge on any atom is 0.135 e. The van der Waals surface area contributed by atoms with Gasteiger partial charge in [-0.15, -0.1) is 0 Å². The van der Waals surface area contributed by atoms with Gasteiger partial charge in [0.2, 0.25) is 0 Å². The van der Waals surface area contributed by atoms with Crippen molar-refractivity contribution in [1.29, 1.82) is 0 Å². The summed E-state index contributed by atoms with van der Waals surface area (Å²) in [5, 5.41) is 0. The van der Waals surface area contributed by atoms with E-state index in [1.807, 2.05) is 37.4 Å². The van der Waals surface area contributed by atoms with Crippen LogP contribution >= 0.6 is 15.9 Å². The van der Waals surface area contributed by atoms with Gasteiger partial charge in [0.15, 0.2) is 0 Å². The number of ether oxygens (including phenoxy) is 3. The minimum Gasteiger partial charge on any atom is -0.497 e. The first kappa shape index (κ1) is 22.1. The van der Waals surface area contributed by atoms with Gasteiger partial charge < -0.3 is 19.1 Å². The molecule has 1 heterocycles. The molecule has 158 valence electrons. The van der Waals surface area contributed by atoms with Crippen LogP contribution < -0.4 is 14.4 Å². The van der Waals surface area contributed by atoms with Crippen molar-refractivity contribution in [2.45, 2.75) is 26.1 Å². The second kappa shape index (κ2) is 10.5. The molecule has 0 radical (unpaired) electrons. The van der Waals surface area contributed by atoms with E-state index in [4.69, 9.17) is 19.2 Å². The number of nitrogens with zero attached hydrogens (tertiary/aromatic N) is 2. The van der Waals surface area contributed by atoms with Crippen LogP contribution in [0.2, 0.25) is 0 Å². The summed E-state index contributed by atoms with van der Waals surface area (Å²) in [5.74, 6) is 2.59. The molecule has 0 aliphatic heterocycles. The summed E-state index contributed by atoms with van der Waals surface area (Å²) in [6.07, 6.45) is 1.75. The number of benzene rings is 2. The zero-order valence-electron chi connectivity index (χ0n) is 17.8. The molecule has 6 heteroatoms. The molecule has 0 saturated carbocycles. The number of aromatic nitrogens is 1. The van der Waals surface area contributed by atoms with Crippen LogP contribution in [0.4, 0.5) is 5.82 Å². The molecule has 0 aliphatic rings. The van der Waals surface area contributed by atoms with Crippen molar-refractivity contribution < 1.29 is 14.2 Å². The van der Waals surface area contributed by atoms with Gasteiger partial charge in [-0.1, -0.05) is 24.3 Å². The van der Waals surface area contributed by atoms with Crippen molar-refractivity contribution in [2.24, 2.45) is 0 Å². The lowest BCUT2D eigenvalue weighted by molar-refractivity contribution is 0.119. The molecule has 30 heavy (non-hydrogen) atoms. The Balaban J connectivity index is 1.97. The molecule has 0 saturated heterocycles. The minimum absolute atomic E-state index is 0.0840. The summed E-state index contributed by atoms with van der Waals surface area (Å²) >= 11 is 3.54. The fraction of sp³-hybridized carbons (Fsp3) is 0.292. The Labute approximate surface area is 186 Å². The van der Waals surface area contributed by atoms with E-state index < -0.39 is 0 Å². The van der Waals surface area contributed by atoms with Gasteiger partial charge in [-0.3, -0.25) is 0 Å². The molecule has 0 N–H and O–H groups in total. The fourth-order valence-corrected chi connectivity index (χ4v) is 3.60. The van der Waals surface area contributed by atoms with E-state index in [-0.39, 0.29) is 6.10 Å². The molecule has 1 atom stereocenters. The number of rotatable bonds is 9. The summed E-state index contributed by atoms with van der Waals surface area (Å²) in [6, 6.07) is 18.3. The summed E-state index contributed by atoms with van der Waals surface area (Å²) in [6.45, 7) is 3.44. The first-order chi connectivity index (χ1) is 14.5. The predicted octanol–water partition coefficient (Wildman–Crippen LogP) is 5.78. The smallest absolute Gasteiger partial charge is 0.135 e. The standard InChI is InChI=1S/C24H27BrN2O3/c1-17(28-2)23-13-20(25)14-26-24(23)27(15-18-5-9-21(29-3)10-6-18)16-19-7-11-22(30-4)12-8-19/h5-14,17H,15-16H2,1-4H3. The predicted molar refractivity (Wildman–Crippen MR) is 123 cm³/mol. The lowest BCUT2D eigenvalue weighted by Gasteiger charge is -2.28. The highest BCUT2D eigenvalue weighted by Crippen LogP contribution is 2.31. The van der Waals surface area contributed by atoms with E-state index in [2.05, 4.69) is 51.2 Å². The van der Waals surface area contributed by atoms with Gasteiger partial charge in [-0.25, -0.2) is 4.98 Å². The SMILES string of the molecule is COc1ccc(CN(Cc2ccc(OC)cc2)c2ncc(Br)cc2C(C)OC)cc1. The van der Waals surface area contributed by atoms with E-state index in [1.54, 1.807) is 21.3 Å². The van der Waals surface area contributed by atoms with Crippen molar-refractivity contribution in [3.8, 4) is 11.5 Å². The van der Waals surface area contributed by atoms with Crippen LogP contribution in [-0.2, 0) is 17.8 Å². The van der Waals surface area contributed by atoms with Crippen molar-refractivity contribution >= 4 is 21.7 Å². The molecule has 0 spiro atoms. The zero-order valence-corrected chi connectivity index (χ0v) is 19.3. The Morgan fingerprint density at radius 2 is 1.37 bits per heavy atom. The molecule has 0 amide bonds. The van der Waals surface area contributed by atoms with Crippen LogP contribution in [0.1, 0.15) is 29.7 Å². The molecular weight excluding hydrogens is 444 g/mol. The van der Waals surface area contributed by atoms with Gasteiger partial charge in [0, 0.05) is 36.4 Å². The van der Waals surface area contributed by atoms with Gasteiger partial charge in [-0.05, 0) is 64.3 Å². The second-order valence-corrected chi connectivity index (χ2v) is 7.91. The highest BCUT2D eigenvalue weighted by atomic mass is 79.9. The lowest BCUT2D eigenvalue weighted by Crippen LogP contribution is -2.25. The van der Waals surface area contributed by atoms with Crippen molar-refractivity contribution in [3.63, 3.8) is 0 Å². The van der Waals surface area contributed by atoms with E-state index in [0.29, 0.717) is 13.1 Å². The summed E-state index contributed by atoms with van der Waals surface area (Å²) in [5.41, 5.74) is 3.38. The average Bonchev–Trinajstić information content (AvgIpc) is 2.79. The van der Waals surface area contributed by atoms with Gasteiger partial charge in [0.25, 0.3) is 0 Å². The molecule has 3 rings (SSSR count). The van der Waals surface area contributed by atoms with E-state index in [0.717, 1.165) is 27.4 Å². The fourth-order valence-electron chi connectivity index (χ4n) is 3.25. The monoisotopic (exact) mass is 470 g/mol. The largest absolute Gasteiger partial charge is 0.497 e. The Morgan fingerprint density at radius 3 is 1.80 bits per heavy atom. The minimum atomic E-state index is -0.0840. The van der Waals surface area contributed by atoms with Crippen LogP contribution in [0.15, 0.2) is 65.3 Å². The number of hydrogen-bond donors (Lipinski definition) is 0. The molecule has 0 fully saturated rings. The Kier molecular flexibility index (Phi) is 7.71. The number of hydrogen-bond acceptors (Lipinski definition) is 5.